The van der Waals surface area contributed by atoms with Crippen molar-refractivity contribution in [2.75, 3.05) is 43.9 Å². The van der Waals surface area contributed by atoms with Gasteiger partial charge in [-0.15, -0.1) is 0 Å². The minimum atomic E-state index is -3.18. The molecule has 1 saturated heterocycles. The van der Waals surface area contributed by atoms with Crippen LogP contribution in [0.5, 0.6) is 0 Å². The Morgan fingerprint density at radius 3 is 2.31 bits per heavy atom. The highest BCUT2D eigenvalue weighted by molar-refractivity contribution is 7.90. The van der Waals surface area contributed by atoms with E-state index < -0.39 is 9.84 Å². The summed E-state index contributed by atoms with van der Waals surface area (Å²) in [5, 5.41) is 4.14. The number of para-hydroxylation sites is 1. The van der Waals surface area contributed by atoms with E-state index in [9.17, 15) is 8.42 Å². The molecule has 0 atom stereocenters. The number of nitrogens with zero attached hydrogens (tertiary/aromatic N) is 3. The van der Waals surface area contributed by atoms with Gasteiger partial charge < -0.3 is 15.1 Å². The van der Waals surface area contributed by atoms with E-state index in [4.69, 9.17) is 16.6 Å². The van der Waals surface area contributed by atoms with Crippen molar-refractivity contribution in [3.05, 3.63) is 59.1 Å². The van der Waals surface area contributed by atoms with Gasteiger partial charge >= 0.3 is 0 Å². The van der Waals surface area contributed by atoms with Gasteiger partial charge in [-0.25, -0.2) is 13.4 Å². The van der Waals surface area contributed by atoms with Gasteiger partial charge in [0.05, 0.1) is 22.2 Å². The fourth-order valence-corrected chi connectivity index (χ4v) is 4.19. The van der Waals surface area contributed by atoms with Crippen LogP contribution in [0.2, 0.25) is 5.02 Å². The monoisotopic (exact) mass is 434 g/mol. The zero-order valence-electron chi connectivity index (χ0n) is 16.8. The number of sulfone groups is 1. The van der Waals surface area contributed by atoms with Crippen LogP contribution in [0.1, 0.15) is 12.5 Å². The van der Waals surface area contributed by atoms with Gasteiger partial charge in [-0.1, -0.05) is 35.9 Å². The summed E-state index contributed by atoms with van der Waals surface area (Å²) in [6.07, 6.45) is 1.21. The third kappa shape index (κ3) is 5.64. The summed E-state index contributed by atoms with van der Waals surface area (Å²) in [5.74, 6) is 0.874. The molecule has 0 bridgehead atoms. The number of hydrogen-bond acceptors (Lipinski definition) is 4. The van der Waals surface area contributed by atoms with Crippen LogP contribution in [-0.4, -0.2) is 58.3 Å². The second-order valence-corrected chi connectivity index (χ2v) is 9.43. The second kappa shape index (κ2) is 9.50. The summed E-state index contributed by atoms with van der Waals surface area (Å²) >= 11 is 6.33. The molecular formula is C21H27ClN4O2S. The first-order chi connectivity index (χ1) is 13.9. The third-order valence-electron chi connectivity index (χ3n) is 4.87. The largest absolute Gasteiger partial charge is 0.367 e. The molecule has 0 aromatic heterocycles. The molecule has 0 spiro atoms. The minimum absolute atomic E-state index is 0.327. The van der Waals surface area contributed by atoms with Crippen LogP contribution in [-0.2, 0) is 16.4 Å². The minimum Gasteiger partial charge on any atom is -0.367 e. The van der Waals surface area contributed by atoms with Crippen molar-refractivity contribution in [2.45, 2.75) is 18.4 Å². The zero-order chi connectivity index (χ0) is 20.9. The lowest BCUT2D eigenvalue weighted by atomic mass is 10.2. The Bertz CT molecular complexity index is 953. The van der Waals surface area contributed by atoms with Crippen LogP contribution in [0.25, 0.3) is 0 Å². The van der Waals surface area contributed by atoms with E-state index in [0.29, 0.717) is 11.4 Å². The zero-order valence-corrected chi connectivity index (χ0v) is 18.4. The smallest absolute Gasteiger partial charge is 0.194 e. The van der Waals surface area contributed by atoms with E-state index in [-0.39, 0.29) is 0 Å². The van der Waals surface area contributed by atoms with Crippen LogP contribution in [0.3, 0.4) is 0 Å². The highest BCUT2D eigenvalue weighted by Gasteiger charge is 2.21. The van der Waals surface area contributed by atoms with Crippen LogP contribution in [0.4, 0.5) is 5.69 Å². The lowest BCUT2D eigenvalue weighted by molar-refractivity contribution is 0.372. The summed E-state index contributed by atoms with van der Waals surface area (Å²) in [5.41, 5.74) is 2.05. The first-order valence-electron chi connectivity index (χ1n) is 9.70. The van der Waals surface area contributed by atoms with Gasteiger partial charge in [0.25, 0.3) is 0 Å². The molecule has 1 heterocycles. The average Bonchev–Trinajstić information content (AvgIpc) is 2.71. The Morgan fingerprint density at radius 1 is 1.07 bits per heavy atom. The molecule has 2 aromatic rings. The molecule has 0 saturated carbocycles. The normalized spacial score (nSPS) is 15.5. The molecule has 1 aliphatic heterocycles. The van der Waals surface area contributed by atoms with E-state index in [1.807, 2.05) is 30.3 Å². The first-order valence-corrected chi connectivity index (χ1v) is 12.0. The Labute approximate surface area is 178 Å². The van der Waals surface area contributed by atoms with Crippen molar-refractivity contribution in [3.63, 3.8) is 0 Å². The molecule has 156 valence electrons. The second-order valence-electron chi connectivity index (χ2n) is 7.01. The number of aliphatic imine (C=N–C) groups is 1. The number of hydrogen-bond donors (Lipinski definition) is 1. The van der Waals surface area contributed by atoms with Gasteiger partial charge in [0.1, 0.15) is 0 Å². The molecular weight excluding hydrogens is 408 g/mol. The predicted octanol–water partition coefficient (Wildman–Crippen LogP) is 3.03. The van der Waals surface area contributed by atoms with Crippen molar-refractivity contribution in [3.8, 4) is 0 Å². The van der Waals surface area contributed by atoms with Gasteiger partial charge in [-0.2, -0.15) is 0 Å². The van der Waals surface area contributed by atoms with Gasteiger partial charge in [0, 0.05) is 39.0 Å². The maximum absolute atomic E-state index is 11.6. The van der Waals surface area contributed by atoms with Crippen LogP contribution < -0.4 is 10.2 Å². The third-order valence-corrected chi connectivity index (χ3v) is 6.32. The SMILES string of the molecule is CCNC(=NCc1ccc(S(C)(=O)=O)cc1)N1CCN(c2ccccc2Cl)CC1. The van der Waals surface area contributed by atoms with Crippen LogP contribution in [0, 0.1) is 0 Å². The fourth-order valence-electron chi connectivity index (χ4n) is 3.30. The highest BCUT2D eigenvalue weighted by atomic mass is 35.5. The molecule has 6 nitrogen and oxygen atoms in total. The van der Waals surface area contributed by atoms with Crippen molar-refractivity contribution in [1.82, 2.24) is 10.2 Å². The predicted molar refractivity (Wildman–Crippen MR) is 120 cm³/mol. The fraction of sp³-hybridized carbons (Fsp3) is 0.381. The summed E-state index contributed by atoms with van der Waals surface area (Å²) in [7, 11) is -3.18. The number of piperazine rings is 1. The van der Waals surface area contributed by atoms with E-state index in [2.05, 4.69) is 28.1 Å². The Morgan fingerprint density at radius 2 is 1.72 bits per heavy atom. The topological polar surface area (TPSA) is 65.0 Å². The number of benzene rings is 2. The number of rotatable bonds is 5. The van der Waals surface area contributed by atoms with Gasteiger partial charge in [-0.05, 0) is 36.8 Å². The molecule has 0 unspecified atom stereocenters. The Hall–Kier alpha value is -2.25. The number of halogens is 1. The average molecular weight is 435 g/mol. The Kier molecular flexibility index (Phi) is 7.03. The standard InChI is InChI=1S/C21H27ClN4O2S/c1-3-23-21(24-16-17-8-10-18(11-9-17)29(2,27)28)26-14-12-25(13-15-26)20-7-5-4-6-19(20)22/h4-11H,3,12-16H2,1-2H3,(H,23,24). The maximum Gasteiger partial charge on any atom is 0.194 e. The van der Waals surface area contributed by atoms with Gasteiger partial charge in [0.15, 0.2) is 15.8 Å². The Balaban J connectivity index is 1.65. The van der Waals surface area contributed by atoms with Crippen molar-refractivity contribution >= 4 is 33.1 Å². The summed E-state index contributed by atoms with van der Waals surface area (Å²) in [4.78, 5) is 9.63. The van der Waals surface area contributed by atoms with E-state index in [1.54, 1.807) is 12.1 Å². The van der Waals surface area contributed by atoms with Crippen molar-refractivity contribution in [1.29, 1.82) is 0 Å². The molecule has 3 rings (SSSR count). The lowest BCUT2D eigenvalue weighted by Gasteiger charge is -2.38. The summed E-state index contributed by atoms with van der Waals surface area (Å²) in [6, 6.07) is 14.8. The number of anilines is 1. The molecule has 29 heavy (non-hydrogen) atoms. The molecule has 2 aromatic carbocycles. The first kappa shape index (κ1) is 21.5. The molecule has 1 fully saturated rings. The van der Waals surface area contributed by atoms with Gasteiger partial charge in [0.2, 0.25) is 0 Å². The van der Waals surface area contributed by atoms with Crippen molar-refractivity contribution in [2.24, 2.45) is 4.99 Å². The van der Waals surface area contributed by atoms with E-state index >= 15 is 0 Å². The summed E-state index contributed by atoms with van der Waals surface area (Å²) in [6.45, 7) is 6.78. The molecule has 0 aliphatic carbocycles. The quantitative estimate of drug-likeness (QED) is 0.578. The molecule has 0 radical (unpaired) electrons. The van der Waals surface area contributed by atoms with E-state index in [0.717, 1.165) is 55.0 Å². The van der Waals surface area contributed by atoms with Gasteiger partial charge in [-0.3, -0.25) is 0 Å². The number of guanidine groups is 1. The lowest BCUT2D eigenvalue weighted by Crippen LogP contribution is -2.52. The maximum atomic E-state index is 11.6. The van der Waals surface area contributed by atoms with Crippen molar-refractivity contribution < 1.29 is 8.42 Å². The molecule has 8 heteroatoms. The number of nitrogens with one attached hydrogen (secondary N) is 1. The highest BCUT2D eigenvalue weighted by Crippen LogP contribution is 2.26. The molecule has 1 aliphatic rings. The van der Waals surface area contributed by atoms with Crippen LogP contribution >= 0.6 is 11.6 Å². The van der Waals surface area contributed by atoms with Crippen LogP contribution in [0.15, 0.2) is 58.4 Å². The summed E-state index contributed by atoms with van der Waals surface area (Å²) < 4.78 is 23.2. The molecule has 0 amide bonds. The van der Waals surface area contributed by atoms with E-state index in [1.165, 1.54) is 6.26 Å². The molecule has 1 N–H and O–H groups in total.